The minimum Gasteiger partial charge on any atom is -0.481 e. The van der Waals surface area contributed by atoms with Crippen molar-refractivity contribution in [3.63, 3.8) is 0 Å². The molecule has 0 radical (unpaired) electrons. The summed E-state index contributed by atoms with van der Waals surface area (Å²) in [6, 6.07) is 14.0. The van der Waals surface area contributed by atoms with E-state index < -0.39 is 5.97 Å². The molecule has 4 aromatic rings. The molecule has 2 aromatic heterocycles. The highest BCUT2D eigenvalue weighted by Crippen LogP contribution is 2.29. The molecule has 7 heteroatoms. The lowest BCUT2D eigenvalue weighted by atomic mass is 10.1. The fraction of sp³-hybridized carbons (Fsp3) is 0.200. The third-order valence-corrected chi connectivity index (χ3v) is 5.71. The molecule has 0 saturated carbocycles. The van der Waals surface area contributed by atoms with Crippen LogP contribution in [-0.4, -0.2) is 31.4 Å². The van der Waals surface area contributed by atoms with Crippen LogP contribution in [0.4, 0.5) is 0 Å². The van der Waals surface area contributed by atoms with E-state index in [0.29, 0.717) is 23.7 Å². The van der Waals surface area contributed by atoms with Crippen LogP contribution in [0.25, 0.3) is 21.9 Å². The molecular formula is C20H18ClN3O2S. The number of para-hydroxylation sites is 2. The maximum atomic E-state index is 10.7. The number of hydrogen-bond acceptors (Lipinski definition) is 3. The second kappa shape index (κ2) is 7.66. The Morgan fingerprint density at radius 2 is 2.11 bits per heavy atom. The van der Waals surface area contributed by atoms with Gasteiger partial charge in [-0.05, 0) is 42.3 Å². The zero-order valence-corrected chi connectivity index (χ0v) is 16.1. The van der Waals surface area contributed by atoms with E-state index in [0.717, 1.165) is 32.7 Å². The van der Waals surface area contributed by atoms with Gasteiger partial charge in [-0.2, -0.15) is 0 Å². The monoisotopic (exact) mass is 399 g/mol. The summed E-state index contributed by atoms with van der Waals surface area (Å²) in [5.74, 6) is -0.0528. The van der Waals surface area contributed by atoms with Crippen molar-refractivity contribution in [2.24, 2.45) is 0 Å². The Labute approximate surface area is 165 Å². The first kappa shape index (κ1) is 17.9. The summed E-state index contributed by atoms with van der Waals surface area (Å²) in [6.07, 6.45) is 2.70. The Balaban J connectivity index is 1.69. The van der Waals surface area contributed by atoms with Crippen molar-refractivity contribution in [2.75, 3.05) is 5.75 Å². The second-order valence-electron chi connectivity index (χ2n) is 6.32. The number of carbonyl (C=O) groups is 1. The molecule has 0 aliphatic heterocycles. The van der Waals surface area contributed by atoms with Crippen molar-refractivity contribution >= 4 is 51.3 Å². The SMILES string of the molecule is O=C(O)CCCSc1nc2ccccc2n1Cc1cc(Cl)cc2[nH]ccc12. The van der Waals surface area contributed by atoms with Crippen LogP contribution < -0.4 is 0 Å². The van der Waals surface area contributed by atoms with E-state index >= 15 is 0 Å². The van der Waals surface area contributed by atoms with Crippen molar-refractivity contribution in [3.05, 3.63) is 59.2 Å². The normalized spacial score (nSPS) is 11.4. The summed E-state index contributed by atoms with van der Waals surface area (Å²) < 4.78 is 2.18. The van der Waals surface area contributed by atoms with Gasteiger partial charge in [-0.15, -0.1) is 0 Å². The number of carboxylic acids is 1. The van der Waals surface area contributed by atoms with E-state index in [2.05, 4.69) is 21.7 Å². The number of benzene rings is 2. The van der Waals surface area contributed by atoms with E-state index in [1.54, 1.807) is 11.8 Å². The molecule has 0 aliphatic rings. The molecule has 2 aromatic carbocycles. The summed E-state index contributed by atoms with van der Waals surface area (Å²) >= 11 is 7.90. The summed E-state index contributed by atoms with van der Waals surface area (Å²) in [6.45, 7) is 0.649. The average Bonchev–Trinajstić information content (AvgIpc) is 3.23. The number of nitrogens with one attached hydrogen (secondary N) is 1. The zero-order chi connectivity index (χ0) is 18.8. The van der Waals surface area contributed by atoms with Crippen molar-refractivity contribution in [3.8, 4) is 0 Å². The van der Waals surface area contributed by atoms with Gasteiger partial charge in [0.25, 0.3) is 0 Å². The number of aromatic nitrogens is 3. The van der Waals surface area contributed by atoms with Gasteiger partial charge in [0.15, 0.2) is 5.16 Å². The number of rotatable bonds is 7. The standard InChI is InChI=1S/C20H18ClN3O2S/c21-14-10-13(15-7-8-22-17(15)11-14)12-24-18-5-2-1-4-16(18)23-20(24)27-9-3-6-19(25)26/h1-2,4-5,7-8,10-11,22H,3,6,9,12H2,(H,25,26). The van der Waals surface area contributed by atoms with Gasteiger partial charge in [0.05, 0.1) is 17.6 Å². The van der Waals surface area contributed by atoms with Gasteiger partial charge in [0.2, 0.25) is 0 Å². The number of fused-ring (bicyclic) bond motifs is 2. The smallest absolute Gasteiger partial charge is 0.303 e. The molecule has 0 unspecified atom stereocenters. The van der Waals surface area contributed by atoms with E-state index in [1.807, 2.05) is 36.5 Å². The van der Waals surface area contributed by atoms with Crippen molar-refractivity contribution in [2.45, 2.75) is 24.5 Å². The van der Waals surface area contributed by atoms with Crippen molar-refractivity contribution < 1.29 is 9.90 Å². The first-order valence-corrected chi connectivity index (χ1v) is 10.0. The molecule has 2 heterocycles. The van der Waals surface area contributed by atoms with E-state index in [9.17, 15) is 4.79 Å². The number of imidazole rings is 1. The molecular weight excluding hydrogens is 382 g/mol. The summed E-state index contributed by atoms with van der Waals surface area (Å²) in [7, 11) is 0. The lowest BCUT2D eigenvalue weighted by Gasteiger charge is -2.11. The molecule has 5 nitrogen and oxygen atoms in total. The predicted molar refractivity (Wildman–Crippen MR) is 110 cm³/mol. The molecule has 27 heavy (non-hydrogen) atoms. The Morgan fingerprint density at radius 3 is 2.96 bits per heavy atom. The number of thioether (sulfide) groups is 1. The first-order valence-electron chi connectivity index (χ1n) is 8.67. The highest BCUT2D eigenvalue weighted by molar-refractivity contribution is 7.99. The maximum absolute atomic E-state index is 10.7. The van der Waals surface area contributed by atoms with Crippen LogP contribution in [0, 0.1) is 0 Å². The van der Waals surface area contributed by atoms with Gasteiger partial charge < -0.3 is 14.7 Å². The van der Waals surface area contributed by atoms with Gasteiger partial charge >= 0.3 is 5.97 Å². The first-order chi connectivity index (χ1) is 13.1. The fourth-order valence-electron chi connectivity index (χ4n) is 3.21. The van der Waals surface area contributed by atoms with E-state index in [-0.39, 0.29) is 6.42 Å². The van der Waals surface area contributed by atoms with Crippen molar-refractivity contribution in [1.82, 2.24) is 14.5 Å². The Kier molecular flexibility index (Phi) is 5.09. The largest absolute Gasteiger partial charge is 0.481 e. The third kappa shape index (κ3) is 3.82. The molecule has 138 valence electrons. The molecule has 0 amide bonds. The van der Waals surface area contributed by atoms with Crippen LogP contribution in [0.1, 0.15) is 18.4 Å². The maximum Gasteiger partial charge on any atom is 0.303 e. The van der Waals surface area contributed by atoms with Gasteiger partial charge in [-0.3, -0.25) is 4.79 Å². The summed E-state index contributed by atoms with van der Waals surface area (Å²) in [5.41, 5.74) is 4.12. The molecule has 4 rings (SSSR count). The van der Waals surface area contributed by atoms with Crippen LogP contribution >= 0.6 is 23.4 Å². The lowest BCUT2D eigenvalue weighted by Crippen LogP contribution is -2.03. The number of nitrogens with zero attached hydrogens (tertiary/aromatic N) is 2. The number of H-pyrrole nitrogens is 1. The van der Waals surface area contributed by atoms with Gasteiger partial charge in [-0.25, -0.2) is 4.98 Å². The summed E-state index contributed by atoms with van der Waals surface area (Å²) in [4.78, 5) is 18.7. The molecule has 0 aliphatic carbocycles. The van der Waals surface area contributed by atoms with Gasteiger partial charge in [-0.1, -0.05) is 35.5 Å². The quantitative estimate of drug-likeness (QED) is 0.332. The van der Waals surface area contributed by atoms with Crippen LogP contribution in [0.2, 0.25) is 5.02 Å². The number of aromatic amines is 1. The number of aliphatic carboxylic acids is 1. The van der Waals surface area contributed by atoms with Crippen LogP contribution in [0.3, 0.4) is 0 Å². The van der Waals surface area contributed by atoms with Crippen LogP contribution in [0.5, 0.6) is 0 Å². The average molecular weight is 400 g/mol. The zero-order valence-electron chi connectivity index (χ0n) is 14.5. The van der Waals surface area contributed by atoms with Gasteiger partial charge in [0, 0.05) is 34.3 Å². The minimum atomic E-state index is -0.766. The highest BCUT2D eigenvalue weighted by Gasteiger charge is 2.14. The topological polar surface area (TPSA) is 70.9 Å². The Hall–Kier alpha value is -2.44. The molecule has 0 atom stereocenters. The Morgan fingerprint density at radius 1 is 1.26 bits per heavy atom. The number of carboxylic acid groups (broad SMARTS) is 1. The van der Waals surface area contributed by atoms with Crippen LogP contribution in [0.15, 0.2) is 53.8 Å². The molecule has 0 saturated heterocycles. The molecule has 0 spiro atoms. The number of halogens is 1. The minimum absolute atomic E-state index is 0.172. The molecule has 0 bridgehead atoms. The van der Waals surface area contributed by atoms with Crippen LogP contribution in [-0.2, 0) is 11.3 Å². The Bertz CT molecular complexity index is 1120. The molecule has 2 N–H and O–H groups in total. The second-order valence-corrected chi connectivity index (χ2v) is 7.82. The summed E-state index contributed by atoms with van der Waals surface area (Å²) in [5, 5.41) is 11.6. The predicted octanol–water partition coefficient (Wildman–Crippen LogP) is 5.18. The van der Waals surface area contributed by atoms with Gasteiger partial charge in [0.1, 0.15) is 0 Å². The van der Waals surface area contributed by atoms with E-state index in [1.165, 1.54) is 0 Å². The lowest BCUT2D eigenvalue weighted by molar-refractivity contribution is -0.137. The number of hydrogen-bond donors (Lipinski definition) is 2. The highest BCUT2D eigenvalue weighted by atomic mass is 35.5. The van der Waals surface area contributed by atoms with Crippen molar-refractivity contribution in [1.29, 1.82) is 0 Å². The fourth-order valence-corrected chi connectivity index (χ4v) is 4.40. The molecule has 0 fully saturated rings. The third-order valence-electron chi connectivity index (χ3n) is 4.43. The van der Waals surface area contributed by atoms with E-state index in [4.69, 9.17) is 21.7 Å².